The molecule has 1 aromatic carbocycles. The van der Waals surface area contributed by atoms with Crippen LogP contribution in [0.3, 0.4) is 0 Å². The lowest BCUT2D eigenvalue weighted by atomic mass is 10.2. The van der Waals surface area contributed by atoms with Crippen molar-refractivity contribution in [1.29, 1.82) is 0 Å². The van der Waals surface area contributed by atoms with Crippen molar-refractivity contribution in [2.75, 3.05) is 24.6 Å². The summed E-state index contributed by atoms with van der Waals surface area (Å²) >= 11 is 5.78. The monoisotopic (exact) mass is 442 g/mol. The van der Waals surface area contributed by atoms with Gasteiger partial charge in [-0.05, 0) is 24.1 Å². The number of carbonyl (C=O) groups excluding carboxylic acids is 3. The number of likely N-dealkylation sites (tertiary alicyclic amines) is 1. The third-order valence-corrected chi connectivity index (χ3v) is 5.60. The number of non-ortho nitro benzene ring substituents is 1. The van der Waals surface area contributed by atoms with Crippen molar-refractivity contribution in [2.24, 2.45) is 5.73 Å². The van der Waals surface area contributed by atoms with Crippen molar-refractivity contribution >= 4 is 48.0 Å². The largest absolute Gasteiger partial charge is 0.445 e. The zero-order valence-electron chi connectivity index (χ0n) is 15.5. The van der Waals surface area contributed by atoms with E-state index in [9.17, 15) is 24.5 Å². The van der Waals surface area contributed by atoms with Crippen LogP contribution < -0.4 is 11.1 Å². The van der Waals surface area contributed by atoms with Crippen LogP contribution in [0.1, 0.15) is 12.0 Å². The molecule has 0 bridgehead atoms. The summed E-state index contributed by atoms with van der Waals surface area (Å²) in [5.41, 5.74) is 5.58. The van der Waals surface area contributed by atoms with E-state index in [4.69, 9.17) is 10.5 Å². The number of hydrogen-bond acceptors (Lipinski definition) is 8. The summed E-state index contributed by atoms with van der Waals surface area (Å²) in [6.45, 7) is 0.226. The molecule has 1 heterocycles. The number of nitro groups is 1. The van der Waals surface area contributed by atoms with Gasteiger partial charge in [-0.15, -0.1) is 11.8 Å². The second kappa shape index (κ2) is 10.9. The van der Waals surface area contributed by atoms with Gasteiger partial charge in [0.05, 0.1) is 17.2 Å². The van der Waals surface area contributed by atoms with E-state index in [1.807, 2.05) is 0 Å². The second-order valence-corrected chi connectivity index (χ2v) is 8.19. The number of rotatable bonds is 9. The normalized spacial score (nSPS) is 18.3. The third kappa shape index (κ3) is 7.46. The highest BCUT2D eigenvalue weighted by Crippen LogP contribution is 2.26. The van der Waals surface area contributed by atoms with Crippen LogP contribution in [0, 0.1) is 10.1 Å². The van der Waals surface area contributed by atoms with Crippen molar-refractivity contribution in [2.45, 2.75) is 24.3 Å². The minimum Gasteiger partial charge on any atom is -0.445 e. The molecule has 0 saturated carbocycles. The van der Waals surface area contributed by atoms with Crippen LogP contribution in [0.15, 0.2) is 24.3 Å². The zero-order valence-corrected chi connectivity index (χ0v) is 17.2. The minimum absolute atomic E-state index is 0.0000478. The fraction of sp³-hybridized carbons (Fsp3) is 0.471. The van der Waals surface area contributed by atoms with Crippen LogP contribution in [-0.2, 0) is 20.9 Å². The van der Waals surface area contributed by atoms with Gasteiger partial charge in [0.25, 0.3) is 5.69 Å². The van der Waals surface area contributed by atoms with Crippen molar-refractivity contribution in [1.82, 2.24) is 10.2 Å². The summed E-state index contributed by atoms with van der Waals surface area (Å²) in [5.74, 6) is -0.249. The predicted octanol–water partition coefficient (Wildman–Crippen LogP) is 0.939. The van der Waals surface area contributed by atoms with Crippen LogP contribution in [0.5, 0.6) is 0 Å². The highest BCUT2D eigenvalue weighted by atomic mass is 32.2. The topological polar surface area (TPSA) is 145 Å². The van der Waals surface area contributed by atoms with Gasteiger partial charge in [-0.2, -0.15) is 12.6 Å². The maximum atomic E-state index is 12.4. The fourth-order valence-corrected chi connectivity index (χ4v) is 4.15. The summed E-state index contributed by atoms with van der Waals surface area (Å²) in [6, 6.07) is 5.65. The number of benzene rings is 1. The van der Waals surface area contributed by atoms with Gasteiger partial charge >= 0.3 is 6.09 Å². The van der Waals surface area contributed by atoms with Gasteiger partial charge in [-0.25, -0.2) is 4.79 Å². The van der Waals surface area contributed by atoms with Gasteiger partial charge in [0, 0.05) is 35.7 Å². The molecule has 0 spiro atoms. The summed E-state index contributed by atoms with van der Waals surface area (Å²) in [4.78, 5) is 46.5. The molecule has 0 aromatic heterocycles. The van der Waals surface area contributed by atoms with Crippen molar-refractivity contribution in [3.05, 3.63) is 39.9 Å². The molecule has 0 radical (unpaired) electrons. The Morgan fingerprint density at radius 1 is 1.34 bits per heavy atom. The molecule has 1 fully saturated rings. The van der Waals surface area contributed by atoms with Gasteiger partial charge < -0.3 is 20.7 Å². The average molecular weight is 443 g/mol. The van der Waals surface area contributed by atoms with E-state index in [1.54, 1.807) is 4.90 Å². The van der Waals surface area contributed by atoms with Crippen LogP contribution in [-0.4, -0.2) is 63.6 Å². The van der Waals surface area contributed by atoms with Crippen LogP contribution in [0.25, 0.3) is 0 Å². The molecule has 158 valence electrons. The van der Waals surface area contributed by atoms with E-state index in [0.29, 0.717) is 24.3 Å². The molecule has 12 heteroatoms. The van der Waals surface area contributed by atoms with Crippen LogP contribution >= 0.6 is 24.4 Å². The number of nitro benzene ring substituents is 1. The summed E-state index contributed by atoms with van der Waals surface area (Å²) in [6.07, 6.45) is 0.176. The second-order valence-electron chi connectivity index (χ2n) is 6.43. The molecule has 1 saturated heterocycles. The molecular formula is C17H22N4O6S2. The molecule has 1 aliphatic heterocycles. The maximum absolute atomic E-state index is 12.4. The standard InChI is InChI=1S/C17H22N4O6S2/c18-15(22)6-19-16(23)10-29-9-13-5-14(28)7-20(13)17(24)27-8-11-1-3-12(4-2-11)21(25)26/h1-4,13-14,28H,5-10H2,(H2,18,22)(H,19,23). The van der Waals surface area contributed by atoms with E-state index in [-0.39, 0.29) is 41.8 Å². The highest BCUT2D eigenvalue weighted by Gasteiger charge is 2.34. The first-order valence-electron chi connectivity index (χ1n) is 8.73. The Labute approximate surface area is 177 Å². The summed E-state index contributed by atoms with van der Waals surface area (Å²) < 4.78 is 5.33. The first-order valence-corrected chi connectivity index (χ1v) is 10.4. The Balaban J connectivity index is 1.80. The van der Waals surface area contributed by atoms with E-state index in [2.05, 4.69) is 17.9 Å². The number of carbonyl (C=O) groups is 3. The molecule has 3 amide bonds. The number of ether oxygens (including phenoxy) is 1. The molecule has 2 unspecified atom stereocenters. The van der Waals surface area contributed by atoms with E-state index < -0.39 is 16.9 Å². The molecule has 3 N–H and O–H groups in total. The lowest BCUT2D eigenvalue weighted by Crippen LogP contribution is -2.38. The Morgan fingerprint density at radius 3 is 2.66 bits per heavy atom. The predicted molar refractivity (Wildman–Crippen MR) is 111 cm³/mol. The molecule has 0 aliphatic carbocycles. The van der Waals surface area contributed by atoms with Crippen LogP contribution in [0.2, 0.25) is 0 Å². The van der Waals surface area contributed by atoms with Gasteiger partial charge in [0.1, 0.15) is 6.61 Å². The van der Waals surface area contributed by atoms with Gasteiger partial charge in [0.15, 0.2) is 0 Å². The fourth-order valence-electron chi connectivity index (χ4n) is 2.74. The molecule has 10 nitrogen and oxygen atoms in total. The van der Waals surface area contributed by atoms with Gasteiger partial charge in [-0.1, -0.05) is 0 Å². The number of primary amides is 1. The number of nitrogens with zero attached hydrogens (tertiary/aromatic N) is 2. The van der Waals surface area contributed by atoms with Crippen molar-refractivity contribution in [3.63, 3.8) is 0 Å². The van der Waals surface area contributed by atoms with Crippen molar-refractivity contribution in [3.8, 4) is 0 Å². The Morgan fingerprint density at radius 2 is 2.03 bits per heavy atom. The Kier molecular flexibility index (Phi) is 8.58. The summed E-state index contributed by atoms with van der Waals surface area (Å²) in [5, 5.41) is 13.1. The third-order valence-electron chi connectivity index (χ3n) is 4.14. The van der Waals surface area contributed by atoms with E-state index in [1.165, 1.54) is 36.0 Å². The van der Waals surface area contributed by atoms with Gasteiger partial charge in [0.2, 0.25) is 11.8 Å². The first-order chi connectivity index (χ1) is 13.8. The Hall–Kier alpha value is -2.47. The minimum atomic E-state index is -0.612. The molecule has 29 heavy (non-hydrogen) atoms. The van der Waals surface area contributed by atoms with Crippen LogP contribution in [0.4, 0.5) is 10.5 Å². The molecule has 1 aromatic rings. The lowest BCUT2D eigenvalue weighted by molar-refractivity contribution is -0.384. The number of hydrogen-bond donors (Lipinski definition) is 3. The zero-order chi connectivity index (χ0) is 21.4. The van der Waals surface area contributed by atoms with E-state index in [0.717, 1.165) is 0 Å². The molecule has 2 rings (SSSR count). The van der Waals surface area contributed by atoms with Gasteiger partial charge in [-0.3, -0.25) is 19.7 Å². The number of thioether (sulfide) groups is 1. The highest BCUT2D eigenvalue weighted by molar-refractivity contribution is 8.00. The number of nitrogens with one attached hydrogen (secondary N) is 1. The first kappa shape index (κ1) is 22.8. The number of thiol groups is 1. The average Bonchev–Trinajstić information content (AvgIpc) is 3.05. The SMILES string of the molecule is NC(=O)CNC(=O)CSCC1CC(S)CN1C(=O)OCc1ccc([N+](=O)[O-])cc1. The smallest absolute Gasteiger partial charge is 0.410 e. The molecule has 2 atom stereocenters. The summed E-state index contributed by atoms with van der Waals surface area (Å²) in [7, 11) is 0. The molecular weight excluding hydrogens is 420 g/mol. The quantitative estimate of drug-likeness (QED) is 0.293. The number of nitrogens with two attached hydrogens (primary N) is 1. The lowest BCUT2D eigenvalue weighted by Gasteiger charge is -2.23. The number of amides is 3. The van der Waals surface area contributed by atoms with Crippen molar-refractivity contribution < 1.29 is 24.0 Å². The molecule has 1 aliphatic rings. The van der Waals surface area contributed by atoms with E-state index >= 15 is 0 Å². The maximum Gasteiger partial charge on any atom is 0.410 e. The Bertz CT molecular complexity index is 761.